The lowest BCUT2D eigenvalue weighted by Crippen LogP contribution is -2.73. The number of rotatable bonds is 3. The van der Waals surface area contributed by atoms with Crippen molar-refractivity contribution < 1.29 is 19.3 Å². The molecule has 0 saturated carbocycles. The van der Waals surface area contributed by atoms with Crippen LogP contribution in [0.2, 0.25) is 0 Å². The molecule has 4 amide bonds. The van der Waals surface area contributed by atoms with Crippen molar-refractivity contribution in [3.63, 3.8) is 0 Å². The van der Waals surface area contributed by atoms with Gasteiger partial charge in [-0.2, -0.15) is 11.8 Å². The van der Waals surface area contributed by atoms with Crippen LogP contribution in [0.15, 0.2) is 18.2 Å². The van der Waals surface area contributed by atoms with Crippen LogP contribution in [-0.2, 0) is 16.0 Å². The Hall–Kier alpha value is -2.62. The topological polar surface area (TPSA) is 113 Å². The molecule has 10 heteroatoms. The average Bonchev–Trinajstić information content (AvgIpc) is 2.69. The Kier molecular flexibility index (Phi) is 4.53. The van der Waals surface area contributed by atoms with Crippen molar-refractivity contribution in [3.8, 4) is 0 Å². The molecule has 3 aliphatic rings. The van der Waals surface area contributed by atoms with Crippen LogP contribution in [0, 0.1) is 15.5 Å². The van der Waals surface area contributed by atoms with Crippen molar-refractivity contribution >= 4 is 41.0 Å². The molecule has 0 radical (unpaired) electrons. The van der Waals surface area contributed by atoms with Crippen LogP contribution in [-0.4, -0.2) is 58.3 Å². The Labute approximate surface area is 165 Å². The van der Waals surface area contributed by atoms with Gasteiger partial charge >= 0.3 is 6.03 Å². The summed E-state index contributed by atoms with van der Waals surface area (Å²) < 4.78 is 0. The summed E-state index contributed by atoms with van der Waals surface area (Å²) in [6.45, 7) is 2.71. The van der Waals surface area contributed by atoms with E-state index in [4.69, 9.17) is 0 Å². The lowest BCUT2D eigenvalue weighted by molar-refractivity contribution is -0.384. The maximum atomic E-state index is 13.5. The van der Waals surface area contributed by atoms with Crippen LogP contribution in [0.4, 0.5) is 16.2 Å². The fourth-order valence-electron chi connectivity index (χ4n) is 4.41. The third kappa shape index (κ3) is 2.58. The number of amides is 4. The van der Waals surface area contributed by atoms with Crippen molar-refractivity contribution in [1.29, 1.82) is 0 Å². The van der Waals surface area contributed by atoms with Crippen molar-refractivity contribution in [1.82, 2.24) is 10.2 Å². The Morgan fingerprint density at radius 1 is 1.36 bits per heavy atom. The van der Waals surface area contributed by atoms with E-state index in [-0.39, 0.29) is 18.7 Å². The second kappa shape index (κ2) is 6.77. The third-order valence-corrected chi connectivity index (χ3v) is 6.72. The molecule has 1 aromatic rings. The number of nitro benzene ring substituents is 1. The number of nitrogens with one attached hydrogen (secondary N) is 1. The molecule has 3 aliphatic heterocycles. The summed E-state index contributed by atoms with van der Waals surface area (Å²) >= 11 is 1.66. The summed E-state index contributed by atoms with van der Waals surface area (Å²) in [4.78, 5) is 52.7. The number of urea groups is 1. The summed E-state index contributed by atoms with van der Waals surface area (Å²) in [5.41, 5.74) is -0.129. The van der Waals surface area contributed by atoms with E-state index < -0.39 is 34.2 Å². The van der Waals surface area contributed by atoms with Crippen molar-refractivity contribution in [2.75, 3.05) is 29.5 Å². The molecule has 1 spiro atoms. The quantitative estimate of drug-likeness (QED) is 0.462. The molecule has 0 aromatic heterocycles. The highest BCUT2D eigenvalue weighted by atomic mass is 32.2. The van der Waals surface area contributed by atoms with E-state index in [2.05, 4.69) is 5.32 Å². The number of non-ortho nitro benzene ring substituents is 1. The van der Waals surface area contributed by atoms with Gasteiger partial charge in [0, 0.05) is 48.8 Å². The van der Waals surface area contributed by atoms with Gasteiger partial charge in [-0.05, 0) is 18.1 Å². The molecular weight excluding hydrogens is 384 g/mol. The first-order valence-corrected chi connectivity index (χ1v) is 10.3. The Bertz CT molecular complexity index is 891. The minimum absolute atomic E-state index is 0.0455. The van der Waals surface area contributed by atoms with Gasteiger partial charge in [-0.1, -0.05) is 6.92 Å². The number of fused-ring (bicyclic) bond motifs is 4. The minimum Gasteiger partial charge on any atom is -0.365 e. The molecule has 2 atom stereocenters. The van der Waals surface area contributed by atoms with Crippen LogP contribution >= 0.6 is 11.8 Å². The molecule has 4 rings (SSSR count). The molecule has 3 heterocycles. The molecule has 0 aliphatic carbocycles. The molecule has 28 heavy (non-hydrogen) atoms. The SMILES string of the molecule is CCCN1C(=O)NC(=O)[C@@]2(Cc3cc([N+](=O)[O-])ccc3N3CCSC[C@@H]32)C1=O. The van der Waals surface area contributed by atoms with Gasteiger partial charge in [-0.15, -0.1) is 0 Å². The van der Waals surface area contributed by atoms with E-state index in [0.29, 0.717) is 24.3 Å². The van der Waals surface area contributed by atoms with Crippen molar-refractivity contribution in [3.05, 3.63) is 33.9 Å². The molecule has 0 bridgehead atoms. The Morgan fingerprint density at radius 3 is 2.86 bits per heavy atom. The fraction of sp³-hybridized carbons (Fsp3) is 0.500. The van der Waals surface area contributed by atoms with Crippen molar-refractivity contribution in [2.45, 2.75) is 25.8 Å². The number of barbiturate groups is 1. The standard InChI is InChI=1S/C18H20N4O5S/c1-2-5-21-16(24)18(15(23)19-17(21)25)9-11-8-12(22(26)27)3-4-13(11)20-6-7-28-10-14(18)20/h3-4,8,14H,2,5-7,9-10H2,1H3,(H,19,23,25)/t14-,18+/m1/s1. The van der Waals surface area contributed by atoms with Gasteiger partial charge < -0.3 is 4.90 Å². The number of carbonyl (C=O) groups is 3. The van der Waals surface area contributed by atoms with Gasteiger partial charge in [-0.25, -0.2) is 4.79 Å². The second-order valence-electron chi connectivity index (χ2n) is 7.22. The predicted molar refractivity (Wildman–Crippen MR) is 103 cm³/mol. The number of hydrogen-bond donors (Lipinski definition) is 1. The summed E-state index contributed by atoms with van der Waals surface area (Å²) in [7, 11) is 0. The summed E-state index contributed by atoms with van der Waals surface area (Å²) in [5, 5.41) is 13.6. The number of nitrogens with zero attached hydrogens (tertiary/aromatic N) is 3. The van der Waals surface area contributed by atoms with E-state index in [1.165, 1.54) is 12.1 Å². The molecule has 1 aromatic carbocycles. The zero-order chi connectivity index (χ0) is 20.1. The molecule has 1 N–H and O–H groups in total. The number of carbonyl (C=O) groups excluding carboxylic acids is 3. The molecule has 148 valence electrons. The lowest BCUT2D eigenvalue weighted by Gasteiger charge is -2.53. The van der Waals surface area contributed by atoms with Gasteiger partial charge in [0.1, 0.15) is 0 Å². The lowest BCUT2D eigenvalue weighted by atomic mass is 9.69. The van der Waals surface area contributed by atoms with E-state index in [1.54, 1.807) is 17.8 Å². The molecule has 9 nitrogen and oxygen atoms in total. The summed E-state index contributed by atoms with van der Waals surface area (Å²) in [6.07, 6.45) is 0.624. The Balaban J connectivity index is 1.87. The van der Waals surface area contributed by atoms with Crippen LogP contribution in [0.3, 0.4) is 0 Å². The van der Waals surface area contributed by atoms with Gasteiger partial charge in [0.15, 0.2) is 5.41 Å². The number of anilines is 1. The van der Waals surface area contributed by atoms with Gasteiger partial charge in [0.25, 0.3) is 5.69 Å². The molecule has 2 saturated heterocycles. The summed E-state index contributed by atoms with van der Waals surface area (Å²) in [6, 6.07) is 3.49. The highest BCUT2D eigenvalue weighted by Gasteiger charge is 2.62. The zero-order valence-electron chi connectivity index (χ0n) is 15.3. The van der Waals surface area contributed by atoms with E-state index in [0.717, 1.165) is 16.3 Å². The number of benzene rings is 1. The van der Waals surface area contributed by atoms with Crippen LogP contribution in [0.25, 0.3) is 0 Å². The fourth-order valence-corrected chi connectivity index (χ4v) is 5.59. The Morgan fingerprint density at radius 2 is 2.14 bits per heavy atom. The average molecular weight is 404 g/mol. The third-order valence-electron chi connectivity index (χ3n) is 5.69. The number of hydrogen-bond acceptors (Lipinski definition) is 7. The van der Waals surface area contributed by atoms with E-state index >= 15 is 0 Å². The number of nitro groups is 1. The first-order valence-electron chi connectivity index (χ1n) is 9.19. The first-order chi connectivity index (χ1) is 13.4. The largest absolute Gasteiger partial charge is 0.365 e. The van der Waals surface area contributed by atoms with E-state index in [9.17, 15) is 24.5 Å². The van der Waals surface area contributed by atoms with Crippen molar-refractivity contribution in [2.24, 2.45) is 5.41 Å². The molecule has 2 fully saturated rings. The monoisotopic (exact) mass is 404 g/mol. The molecule has 0 unspecified atom stereocenters. The van der Waals surface area contributed by atoms with Crippen LogP contribution < -0.4 is 10.2 Å². The van der Waals surface area contributed by atoms with Crippen LogP contribution in [0.1, 0.15) is 18.9 Å². The van der Waals surface area contributed by atoms with Crippen LogP contribution in [0.5, 0.6) is 0 Å². The first kappa shape index (κ1) is 18.7. The highest BCUT2D eigenvalue weighted by Crippen LogP contribution is 2.47. The van der Waals surface area contributed by atoms with Gasteiger partial charge in [0.05, 0.1) is 11.0 Å². The maximum Gasteiger partial charge on any atom is 0.330 e. The normalized spacial score (nSPS) is 26.8. The minimum atomic E-state index is -1.46. The smallest absolute Gasteiger partial charge is 0.330 e. The van der Waals surface area contributed by atoms with Gasteiger partial charge in [0.2, 0.25) is 11.8 Å². The second-order valence-corrected chi connectivity index (χ2v) is 8.37. The maximum absolute atomic E-state index is 13.5. The predicted octanol–water partition coefficient (Wildman–Crippen LogP) is 1.55. The zero-order valence-corrected chi connectivity index (χ0v) is 16.2. The van der Waals surface area contributed by atoms with E-state index in [1.807, 2.05) is 11.8 Å². The number of imide groups is 2. The number of thioether (sulfide) groups is 1. The molecular formula is C18H20N4O5S. The van der Waals surface area contributed by atoms with Gasteiger partial charge in [-0.3, -0.25) is 29.9 Å². The highest BCUT2D eigenvalue weighted by molar-refractivity contribution is 7.99. The summed E-state index contributed by atoms with van der Waals surface area (Å²) in [5.74, 6) is 0.294.